The Balaban J connectivity index is 1.84. The van der Waals surface area contributed by atoms with Gasteiger partial charge in [0.25, 0.3) is 0 Å². The summed E-state index contributed by atoms with van der Waals surface area (Å²) < 4.78 is 26.8. The minimum atomic E-state index is -0.256. The average Bonchev–Trinajstić information content (AvgIpc) is 2.90. The molecule has 0 aliphatic heterocycles. The monoisotopic (exact) mass is 301 g/mol. The van der Waals surface area contributed by atoms with Crippen LogP contribution in [0.1, 0.15) is 16.1 Å². The number of nitrogens with zero attached hydrogens (tertiary/aromatic N) is 1. The highest BCUT2D eigenvalue weighted by Crippen LogP contribution is 2.26. The molecule has 0 N–H and O–H groups in total. The second-order valence-corrected chi connectivity index (χ2v) is 5.86. The zero-order chi connectivity index (χ0) is 14.8. The Morgan fingerprint density at radius 3 is 2.52 bits per heavy atom. The molecule has 0 bridgehead atoms. The first-order chi connectivity index (χ1) is 10.1. The highest BCUT2D eigenvalue weighted by molar-refractivity contribution is 7.10. The Bertz CT molecular complexity index is 763. The molecule has 1 nitrogen and oxygen atoms in total. The van der Waals surface area contributed by atoms with Crippen LogP contribution in [0.4, 0.5) is 8.78 Å². The van der Waals surface area contributed by atoms with Gasteiger partial charge in [0.1, 0.15) is 11.6 Å². The fraction of sp³-hybridized carbons (Fsp3) is 0.118. The van der Waals surface area contributed by atoms with E-state index in [0.29, 0.717) is 17.7 Å². The Hall–Kier alpha value is -2.07. The number of aryl methyl sites for hydroxylation is 1. The van der Waals surface area contributed by atoms with Gasteiger partial charge in [-0.3, -0.25) is 0 Å². The number of thiazole rings is 1. The molecule has 106 valence electrons. The molecule has 21 heavy (non-hydrogen) atoms. The van der Waals surface area contributed by atoms with Crippen molar-refractivity contribution in [3.63, 3.8) is 0 Å². The lowest BCUT2D eigenvalue weighted by molar-refractivity contribution is 0.627. The van der Waals surface area contributed by atoms with Gasteiger partial charge in [-0.15, -0.1) is 11.3 Å². The molecule has 4 heteroatoms. The Labute approximate surface area is 125 Å². The summed E-state index contributed by atoms with van der Waals surface area (Å²) in [6.07, 6.45) is 0.623. The van der Waals surface area contributed by atoms with E-state index in [9.17, 15) is 8.78 Å². The van der Waals surface area contributed by atoms with E-state index >= 15 is 0 Å². The zero-order valence-electron chi connectivity index (χ0n) is 11.4. The van der Waals surface area contributed by atoms with Crippen LogP contribution in [-0.2, 0) is 6.42 Å². The van der Waals surface area contributed by atoms with Crippen LogP contribution < -0.4 is 0 Å². The normalized spacial score (nSPS) is 10.8. The maximum absolute atomic E-state index is 13.9. The molecule has 0 unspecified atom stereocenters. The van der Waals surface area contributed by atoms with Gasteiger partial charge in [0.15, 0.2) is 0 Å². The summed E-state index contributed by atoms with van der Waals surface area (Å²) in [5.41, 5.74) is 3.04. The standard InChI is InChI=1S/C17H13F2NS/c1-11-2-7-14(15(19)8-11)16-10-21-17(20-16)9-12-3-5-13(18)6-4-12/h2-8,10H,9H2,1H3. The first-order valence-corrected chi connectivity index (χ1v) is 7.45. The molecule has 1 heterocycles. The number of aromatic nitrogens is 1. The van der Waals surface area contributed by atoms with Crippen LogP contribution in [-0.4, -0.2) is 4.98 Å². The number of rotatable bonds is 3. The molecule has 0 radical (unpaired) electrons. The molecule has 1 aromatic heterocycles. The SMILES string of the molecule is Cc1ccc(-c2csc(Cc3ccc(F)cc3)n2)c(F)c1. The van der Waals surface area contributed by atoms with Crippen molar-refractivity contribution < 1.29 is 8.78 Å². The van der Waals surface area contributed by atoms with E-state index in [-0.39, 0.29) is 11.6 Å². The molecule has 2 aromatic carbocycles. The zero-order valence-corrected chi connectivity index (χ0v) is 12.3. The quantitative estimate of drug-likeness (QED) is 0.664. The Morgan fingerprint density at radius 1 is 1.05 bits per heavy atom. The largest absolute Gasteiger partial charge is 0.241 e. The lowest BCUT2D eigenvalue weighted by Crippen LogP contribution is -1.89. The van der Waals surface area contributed by atoms with E-state index in [2.05, 4.69) is 4.98 Å². The first kappa shape index (κ1) is 13.9. The summed E-state index contributed by atoms with van der Waals surface area (Å²) >= 11 is 1.48. The lowest BCUT2D eigenvalue weighted by Gasteiger charge is -2.01. The van der Waals surface area contributed by atoms with Crippen molar-refractivity contribution in [3.8, 4) is 11.3 Å². The smallest absolute Gasteiger partial charge is 0.132 e. The summed E-state index contributed by atoms with van der Waals surface area (Å²) in [6.45, 7) is 1.86. The van der Waals surface area contributed by atoms with E-state index in [1.807, 2.05) is 18.4 Å². The Kier molecular flexibility index (Phi) is 3.80. The number of benzene rings is 2. The van der Waals surface area contributed by atoms with Crippen molar-refractivity contribution in [2.75, 3.05) is 0 Å². The van der Waals surface area contributed by atoms with Crippen molar-refractivity contribution in [1.29, 1.82) is 0 Å². The molecular weight excluding hydrogens is 288 g/mol. The molecular formula is C17H13F2NS. The fourth-order valence-corrected chi connectivity index (χ4v) is 2.95. The number of hydrogen-bond donors (Lipinski definition) is 0. The van der Waals surface area contributed by atoms with Gasteiger partial charge in [0.2, 0.25) is 0 Å². The minimum absolute atomic E-state index is 0.250. The summed E-state index contributed by atoms with van der Waals surface area (Å²) in [6, 6.07) is 11.5. The lowest BCUT2D eigenvalue weighted by atomic mass is 10.1. The first-order valence-electron chi connectivity index (χ1n) is 6.57. The van der Waals surface area contributed by atoms with Gasteiger partial charge in [-0.25, -0.2) is 13.8 Å². The highest BCUT2D eigenvalue weighted by atomic mass is 32.1. The van der Waals surface area contributed by atoms with E-state index in [0.717, 1.165) is 16.1 Å². The third-order valence-electron chi connectivity index (χ3n) is 3.22. The minimum Gasteiger partial charge on any atom is -0.241 e. The van der Waals surface area contributed by atoms with Crippen LogP contribution in [0, 0.1) is 18.6 Å². The predicted octanol–water partition coefficient (Wildman–Crippen LogP) is 4.99. The summed E-state index contributed by atoms with van der Waals surface area (Å²) in [7, 11) is 0. The van der Waals surface area contributed by atoms with Crippen LogP contribution in [0.2, 0.25) is 0 Å². The summed E-state index contributed by atoms with van der Waals surface area (Å²) in [4.78, 5) is 4.47. The summed E-state index contributed by atoms with van der Waals surface area (Å²) in [5, 5.41) is 2.74. The van der Waals surface area contributed by atoms with Crippen molar-refractivity contribution in [1.82, 2.24) is 4.98 Å². The third-order valence-corrected chi connectivity index (χ3v) is 4.07. The molecule has 0 saturated carbocycles. The Morgan fingerprint density at radius 2 is 1.81 bits per heavy atom. The van der Waals surface area contributed by atoms with E-state index < -0.39 is 0 Å². The third kappa shape index (κ3) is 3.16. The fourth-order valence-electron chi connectivity index (χ4n) is 2.12. The van der Waals surface area contributed by atoms with E-state index in [1.165, 1.54) is 29.5 Å². The maximum Gasteiger partial charge on any atom is 0.132 e. The molecule has 0 aliphatic rings. The molecule has 0 amide bonds. The van der Waals surface area contributed by atoms with Gasteiger partial charge in [-0.1, -0.05) is 18.2 Å². The molecule has 0 atom stereocenters. The summed E-state index contributed by atoms with van der Waals surface area (Å²) in [5.74, 6) is -0.506. The number of hydrogen-bond acceptors (Lipinski definition) is 2. The van der Waals surface area contributed by atoms with E-state index in [1.54, 1.807) is 18.2 Å². The molecule has 0 fully saturated rings. The molecule has 0 saturated heterocycles. The van der Waals surface area contributed by atoms with Crippen molar-refractivity contribution in [3.05, 3.63) is 75.6 Å². The average molecular weight is 301 g/mol. The van der Waals surface area contributed by atoms with Gasteiger partial charge in [0.05, 0.1) is 10.7 Å². The van der Waals surface area contributed by atoms with Crippen molar-refractivity contribution in [2.45, 2.75) is 13.3 Å². The van der Waals surface area contributed by atoms with Crippen molar-refractivity contribution in [2.24, 2.45) is 0 Å². The van der Waals surface area contributed by atoms with Gasteiger partial charge in [-0.2, -0.15) is 0 Å². The van der Waals surface area contributed by atoms with Gasteiger partial charge in [-0.05, 0) is 42.3 Å². The predicted molar refractivity (Wildman–Crippen MR) is 81.5 cm³/mol. The maximum atomic E-state index is 13.9. The molecule has 0 spiro atoms. The van der Waals surface area contributed by atoms with Gasteiger partial charge < -0.3 is 0 Å². The van der Waals surface area contributed by atoms with Gasteiger partial charge >= 0.3 is 0 Å². The number of halogens is 2. The van der Waals surface area contributed by atoms with Crippen LogP contribution in [0.25, 0.3) is 11.3 Å². The van der Waals surface area contributed by atoms with Crippen LogP contribution >= 0.6 is 11.3 Å². The molecule has 3 aromatic rings. The second-order valence-electron chi connectivity index (χ2n) is 4.91. The van der Waals surface area contributed by atoms with E-state index in [4.69, 9.17) is 0 Å². The second kappa shape index (κ2) is 5.74. The van der Waals surface area contributed by atoms with Crippen LogP contribution in [0.5, 0.6) is 0 Å². The van der Waals surface area contributed by atoms with Crippen LogP contribution in [0.3, 0.4) is 0 Å². The van der Waals surface area contributed by atoms with Crippen LogP contribution in [0.15, 0.2) is 47.8 Å². The molecule has 3 rings (SSSR count). The van der Waals surface area contributed by atoms with Gasteiger partial charge in [0, 0.05) is 17.4 Å². The van der Waals surface area contributed by atoms with Crippen molar-refractivity contribution >= 4 is 11.3 Å². The highest BCUT2D eigenvalue weighted by Gasteiger charge is 2.10. The molecule has 0 aliphatic carbocycles. The topological polar surface area (TPSA) is 12.9 Å².